The molecule has 0 bridgehead atoms. The predicted octanol–water partition coefficient (Wildman–Crippen LogP) is 2.98. The zero-order valence-electron chi connectivity index (χ0n) is 12.0. The second kappa shape index (κ2) is 7.02. The van der Waals surface area contributed by atoms with Crippen LogP contribution in [0.4, 0.5) is 0 Å². The van der Waals surface area contributed by atoms with Crippen molar-refractivity contribution < 1.29 is 14.5 Å². The monoisotopic (exact) mass is 289 g/mol. The standard InChI is InChI=1S/C16H19NO4/c1-12(18)21-11-14-8-10-16(17(19)20)15(14)9-7-13-5-3-2-4-6-13/h2-6,10,14-15H,7-9,11H2,1H3/t14-,15+/m0/s1. The maximum absolute atomic E-state index is 11.1. The van der Waals surface area contributed by atoms with Gasteiger partial charge in [-0.25, -0.2) is 0 Å². The number of ether oxygens (including phenoxy) is 1. The fraction of sp³-hybridized carbons (Fsp3) is 0.438. The molecule has 0 aliphatic heterocycles. The number of allylic oxidation sites excluding steroid dienone is 2. The third-order valence-electron chi connectivity index (χ3n) is 3.88. The molecular weight excluding hydrogens is 270 g/mol. The highest BCUT2D eigenvalue weighted by molar-refractivity contribution is 5.65. The van der Waals surface area contributed by atoms with E-state index in [-0.39, 0.29) is 35.0 Å². The summed E-state index contributed by atoms with van der Waals surface area (Å²) in [5.41, 5.74) is 1.43. The molecule has 0 aromatic heterocycles. The van der Waals surface area contributed by atoms with Crippen LogP contribution in [0.2, 0.25) is 0 Å². The molecule has 1 aromatic rings. The Labute approximate surface area is 123 Å². The van der Waals surface area contributed by atoms with E-state index in [9.17, 15) is 14.9 Å². The number of aryl methyl sites for hydroxylation is 1. The van der Waals surface area contributed by atoms with E-state index in [2.05, 4.69) is 0 Å². The van der Waals surface area contributed by atoms with Crippen LogP contribution in [0, 0.1) is 22.0 Å². The number of hydrogen-bond donors (Lipinski definition) is 0. The Hall–Kier alpha value is -2.17. The number of esters is 1. The quantitative estimate of drug-likeness (QED) is 0.458. The zero-order valence-corrected chi connectivity index (χ0v) is 12.0. The number of nitrogens with zero attached hydrogens (tertiary/aromatic N) is 1. The molecule has 112 valence electrons. The minimum Gasteiger partial charge on any atom is -0.466 e. The third-order valence-corrected chi connectivity index (χ3v) is 3.88. The van der Waals surface area contributed by atoms with Crippen molar-refractivity contribution in [3.63, 3.8) is 0 Å². The summed E-state index contributed by atoms with van der Waals surface area (Å²) in [6.45, 7) is 1.61. The van der Waals surface area contributed by atoms with E-state index in [0.717, 1.165) is 6.42 Å². The van der Waals surface area contributed by atoms with Crippen molar-refractivity contribution in [3.05, 3.63) is 57.8 Å². The Morgan fingerprint density at radius 3 is 2.71 bits per heavy atom. The van der Waals surface area contributed by atoms with Gasteiger partial charge >= 0.3 is 5.97 Å². The van der Waals surface area contributed by atoms with Crippen molar-refractivity contribution >= 4 is 5.97 Å². The van der Waals surface area contributed by atoms with Gasteiger partial charge in [0.05, 0.1) is 17.4 Å². The Morgan fingerprint density at radius 1 is 1.38 bits per heavy atom. The fourth-order valence-corrected chi connectivity index (χ4v) is 2.80. The summed E-state index contributed by atoms with van der Waals surface area (Å²) >= 11 is 0. The van der Waals surface area contributed by atoms with Gasteiger partial charge in [0.15, 0.2) is 0 Å². The van der Waals surface area contributed by atoms with Gasteiger partial charge in [0.2, 0.25) is 5.70 Å². The molecule has 2 atom stereocenters. The second-order valence-corrected chi connectivity index (χ2v) is 5.32. The molecule has 1 aliphatic carbocycles. The van der Waals surface area contributed by atoms with Crippen LogP contribution in [0.3, 0.4) is 0 Å². The smallest absolute Gasteiger partial charge is 0.302 e. The molecule has 1 aromatic carbocycles. The average molecular weight is 289 g/mol. The van der Waals surface area contributed by atoms with Crippen molar-refractivity contribution in [3.8, 4) is 0 Å². The Bertz CT molecular complexity index is 538. The summed E-state index contributed by atoms with van der Waals surface area (Å²) in [6.07, 6.45) is 3.75. The second-order valence-electron chi connectivity index (χ2n) is 5.32. The molecule has 5 heteroatoms. The lowest BCUT2D eigenvalue weighted by molar-refractivity contribution is -0.433. The third kappa shape index (κ3) is 4.15. The van der Waals surface area contributed by atoms with Gasteiger partial charge in [0, 0.05) is 12.8 Å². The Morgan fingerprint density at radius 2 is 2.10 bits per heavy atom. The molecule has 21 heavy (non-hydrogen) atoms. The maximum Gasteiger partial charge on any atom is 0.302 e. The van der Waals surface area contributed by atoms with Crippen LogP contribution < -0.4 is 0 Å². The summed E-state index contributed by atoms with van der Waals surface area (Å²) in [5.74, 6) is -0.482. The molecule has 1 aliphatic rings. The van der Waals surface area contributed by atoms with E-state index >= 15 is 0 Å². The molecule has 0 fully saturated rings. The lowest BCUT2D eigenvalue weighted by Crippen LogP contribution is -2.22. The van der Waals surface area contributed by atoms with Crippen LogP contribution in [0.5, 0.6) is 0 Å². The first kappa shape index (κ1) is 15.2. The van der Waals surface area contributed by atoms with E-state index in [1.165, 1.54) is 12.5 Å². The van der Waals surface area contributed by atoms with Crippen molar-refractivity contribution in [2.75, 3.05) is 6.61 Å². The van der Waals surface area contributed by atoms with Crippen LogP contribution in [0.25, 0.3) is 0 Å². The van der Waals surface area contributed by atoms with Gasteiger partial charge in [-0.1, -0.05) is 30.3 Å². The predicted molar refractivity (Wildman–Crippen MR) is 78.1 cm³/mol. The van der Waals surface area contributed by atoms with Crippen molar-refractivity contribution in [1.29, 1.82) is 0 Å². The minimum absolute atomic E-state index is 0.0120. The van der Waals surface area contributed by atoms with Gasteiger partial charge in [-0.3, -0.25) is 14.9 Å². The summed E-state index contributed by atoms with van der Waals surface area (Å²) in [4.78, 5) is 21.8. The van der Waals surface area contributed by atoms with Crippen LogP contribution in [-0.2, 0) is 16.0 Å². The van der Waals surface area contributed by atoms with Crippen molar-refractivity contribution in [2.45, 2.75) is 26.2 Å². The van der Waals surface area contributed by atoms with Gasteiger partial charge in [-0.15, -0.1) is 0 Å². The molecule has 0 N–H and O–H groups in total. The molecule has 0 spiro atoms. The SMILES string of the molecule is CC(=O)OC[C@@H]1CC=C([N+](=O)[O-])[C@@H]1CCc1ccccc1. The number of hydrogen-bond acceptors (Lipinski definition) is 4. The maximum atomic E-state index is 11.1. The first-order valence-electron chi connectivity index (χ1n) is 7.09. The Kier molecular flexibility index (Phi) is 5.09. The molecule has 2 rings (SSSR count). The van der Waals surface area contributed by atoms with E-state index in [1.807, 2.05) is 30.3 Å². The summed E-state index contributed by atoms with van der Waals surface area (Å²) < 4.78 is 5.04. The van der Waals surface area contributed by atoms with Crippen LogP contribution in [0.1, 0.15) is 25.3 Å². The Balaban J connectivity index is 2.00. The van der Waals surface area contributed by atoms with Crippen molar-refractivity contribution in [2.24, 2.45) is 11.8 Å². The normalized spacial score (nSPS) is 20.9. The summed E-state index contributed by atoms with van der Waals surface area (Å²) in [7, 11) is 0. The van der Waals surface area contributed by atoms with E-state index < -0.39 is 0 Å². The van der Waals surface area contributed by atoms with E-state index in [4.69, 9.17) is 4.74 Å². The molecule has 0 saturated heterocycles. The molecule has 5 nitrogen and oxygen atoms in total. The molecule has 0 amide bonds. The van der Waals surface area contributed by atoms with Gasteiger partial charge < -0.3 is 4.74 Å². The van der Waals surface area contributed by atoms with Crippen LogP contribution in [0.15, 0.2) is 42.1 Å². The summed E-state index contributed by atoms with van der Waals surface area (Å²) in [6, 6.07) is 9.91. The molecule has 0 saturated carbocycles. The van der Waals surface area contributed by atoms with Crippen LogP contribution >= 0.6 is 0 Å². The van der Waals surface area contributed by atoms with Gasteiger partial charge in [0.25, 0.3) is 0 Å². The van der Waals surface area contributed by atoms with E-state index in [0.29, 0.717) is 12.8 Å². The molecule has 0 unspecified atom stereocenters. The number of carbonyl (C=O) groups is 1. The first-order chi connectivity index (χ1) is 10.1. The largest absolute Gasteiger partial charge is 0.466 e. The number of benzene rings is 1. The van der Waals surface area contributed by atoms with Crippen LogP contribution in [-0.4, -0.2) is 17.5 Å². The highest BCUT2D eigenvalue weighted by Gasteiger charge is 2.37. The number of rotatable bonds is 6. The van der Waals surface area contributed by atoms with Gasteiger partial charge in [-0.05, 0) is 30.9 Å². The average Bonchev–Trinajstić information content (AvgIpc) is 2.87. The first-order valence-corrected chi connectivity index (χ1v) is 7.09. The van der Waals surface area contributed by atoms with E-state index in [1.54, 1.807) is 6.08 Å². The van der Waals surface area contributed by atoms with Crippen molar-refractivity contribution in [1.82, 2.24) is 0 Å². The summed E-state index contributed by atoms with van der Waals surface area (Å²) in [5, 5.41) is 11.1. The fourth-order valence-electron chi connectivity index (χ4n) is 2.80. The lowest BCUT2D eigenvalue weighted by Gasteiger charge is -2.18. The van der Waals surface area contributed by atoms with Gasteiger partial charge in [0.1, 0.15) is 0 Å². The lowest BCUT2D eigenvalue weighted by atomic mass is 9.89. The number of nitro groups is 1. The molecular formula is C16H19NO4. The highest BCUT2D eigenvalue weighted by Crippen LogP contribution is 2.35. The topological polar surface area (TPSA) is 69.4 Å². The molecule has 0 radical (unpaired) electrons. The minimum atomic E-state index is -0.341. The number of carbonyl (C=O) groups excluding carboxylic acids is 1. The van der Waals surface area contributed by atoms with Gasteiger partial charge in [-0.2, -0.15) is 0 Å². The zero-order chi connectivity index (χ0) is 15.2. The molecule has 0 heterocycles. The highest BCUT2D eigenvalue weighted by atomic mass is 16.6.